The lowest BCUT2D eigenvalue weighted by molar-refractivity contribution is 0.0955. The molecule has 1 aromatic heterocycles. The van der Waals surface area contributed by atoms with Crippen LogP contribution < -0.4 is 5.32 Å². The van der Waals surface area contributed by atoms with Crippen LogP contribution in [0.2, 0.25) is 0 Å². The predicted molar refractivity (Wildman–Crippen MR) is 64.7 cm³/mol. The minimum atomic E-state index is -0.124. The fourth-order valence-corrected chi connectivity index (χ4v) is 2.27. The van der Waals surface area contributed by atoms with Crippen LogP contribution in [0.15, 0.2) is 29.6 Å². The number of fused-ring (bicyclic) bond motifs is 1. The Balaban J connectivity index is 2.39. The van der Waals surface area contributed by atoms with Crippen LogP contribution in [0, 0.1) is 0 Å². The molecule has 0 aliphatic carbocycles. The average molecular weight is 219 g/mol. The molecule has 0 bridgehead atoms. The molecule has 0 amide bonds. The zero-order valence-corrected chi connectivity index (χ0v) is 9.60. The van der Waals surface area contributed by atoms with E-state index >= 15 is 0 Å². The molecule has 0 saturated carbocycles. The van der Waals surface area contributed by atoms with Crippen molar-refractivity contribution in [1.82, 2.24) is 5.32 Å². The van der Waals surface area contributed by atoms with E-state index in [1.54, 1.807) is 18.4 Å². The van der Waals surface area contributed by atoms with Gasteiger partial charge < -0.3 is 5.32 Å². The first-order valence-electron chi connectivity index (χ1n) is 4.91. The molecule has 0 saturated heterocycles. The Morgan fingerprint density at radius 3 is 2.93 bits per heavy atom. The van der Waals surface area contributed by atoms with Gasteiger partial charge in [0, 0.05) is 10.3 Å². The summed E-state index contributed by atoms with van der Waals surface area (Å²) in [5.41, 5.74) is 0.780. The van der Waals surface area contributed by atoms with Crippen molar-refractivity contribution in [3.05, 3.63) is 35.2 Å². The summed E-state index contributed by atoms with van der Waals surface area (Å²) in [5.74, 6) is 0.144. The molecule has 0 aliphatic heterocycles. The van der Waals surface area contributed by atoms with Crippen LogP contribution in [-0.4, -0.2) is 18.9 Å². The highest BCUT2D eigenvalue weighted by Crippen LogP contribution is 2.22. The summed E-state index contributed by atoms with van der Waals surface area (Å²) in [6.07, 6.45) is 0. The Kier molecular flexibility index (Phi) is 2.84. The number of carbonyl (C=O) groups is 1. The van der Waals surface area contributed by atoms with Gasteiger partial charge in [-0.15, -0.1) is 11.3 Å². The lowest BCUT2D eigenvalue weighted by Crippen LogP contribution is -2.30. The third-order valence-electron chi connectivity index (χ3n) is 2.56. The molecule has 2 rings (SSSR count). The molecule has 15 heavy (non-hydrogen) atoms. The van der Waals surface area contributed by atoms with E-state index in [1.807, 2.05) is 36.6 Å². The Hall–Kier alpha value is -1.19. The van der Waals surface area contributed by atoms with E-state index in [0.717, 1.165) is 10.9 Å². The first kappa shape index (κ1) is 10.3. The molecule has 1 atom stereocenters. The maximum absolute atomic E-state index is 11.9. The number of nitrogens with one attached hydrogen (secondary N) is 1. The molecule has 3 heteroatoms. The van der Waals surface area contributed by atoms with E-state index in [2.05, 4.69) is 5.32 Å². The lowest BCUT2D eigenvalue weighted by Gasteiger charge is -2.08. The Morgan fingerprint density at radius 2 is 2.20 bits per heavy atom. The van der Waals surface area contributed by atoms with Gasteiger partial charge in [0.1, 0.15) is 0 Å². The lowest BCUT2D eigenvalue weighted by atomic mass is 10.0. The summed E-state index contributed by atoms with van der Waals surface area (Å²) in [4.78, 5) is 11.9. The van der Waals surface area contributed by atoms with Crippen LogP contribution in [0.25, 0.3) is 10.1 Å². The summed E-state index contributed by atoms with van der Waals surface area (Å²) < 4.78 is 1.23. The minimum absolute atomic E-state index is 0.124. The van der Waals surface area contributed by atoms with Crippen LogP contribution in [0.4, 0.5) is 0 Å². The highest BCUT2D eigenvalue weighted by Gasteiger charge is 2.13. The summed E-state index contributed by atoms with van der Waals surface area (Å²) in [5, 5.41) is 6.15. The molecular formula is C12H13NOS. The second-order valence-corrected chi connectivity index (χ2v) is 4.50. The second-order valence-electron chi connectivity index (χ2n) is 3.55. The molecular weight excluding hydrogens is 206 g/mol. The van der Waals surface area contributed by atoms with Crippen molar-refractivity contribution in [2.75, 3.05) is 7.05 Å². The van der Waals surface area contributed by atoms with Crippen LogP contribution in [0.3, 0.4) is 0 Å². The highest BCUT2D eigenvalue weighted by atomic mass is 32.1. The van der Waals surface area contributed by atoms with E-state index < -0.39 is 0 Å². The molecule has 0 fully saturated rings. The molecule has 0 unspecified atom stereocenters. The van der Waals surface area contributed by atoms with Crippen molar-refractivity contribution in [2.45, 2.75) is 13.0 Å². The maximum Gasteiger partial charge on any atom is 0.179 e. The number of carbonyl (C=O) groups excluding carboxylic acids is 1. The summed E-state index contributed by atoms with van der Waals surface area (Å²) in [6, 6.07) is 7.79. The van der Waals surface area contributed by atoms with Crippen molar-refractivity contribution >= 4 is 27.2 Å². The molecule has 1 aromatic carbocycles. The van der Waals surface area contributed by atoms with Crippen molar-refractivity contribution < 1.29 is 4.79 Å². The summed E-state index contributed by atoms with van der Waals surface area (Å²) in [6.45, 7) is 1.88. The third kappa shape index (κ3) is 1.94. The van der Waals surface area contributed by atoms with Gasteiger partial charge >= 0.3 is 0 Å². The molecule has 0 radical (unpaired) electrons. The molecule has 0 aliphatic rings. The van der Waals surface area contributed by atoms with Gasteiger partial charge in [-0.25, -0.2) is 0 Å². The monoisotopic (exact) mass is 219 g/mol. The van der Waals surface area contributed by atoms with E-state index in [9.17, 15) is 4.79 Å². The van der Waals surface area contributed by atoms with Gasteiger partial charge in [-0.05, 0) is 49.0 Å². The molecule has 1 heterocycles. The average Bonchev–Trinajstić information content (AvgIpc) is 2.73. The normalized spacial score (nSPS) is 12.9. The number of likely N-dealkylation sites (N-methyl/N-ethyl adjacent to an activating group) is 1. The Labute approximate surface area is 92.9 Å². The van der Waals surface area contributed by atoms with Gasteiger partial charge in [0.25, 0.3) is 0 Å². The predicted octanol–water partition coefficient (Wildman–Crippen LogP) is 2.69. The summed E-state index contributed by atoms with van der Waals surface area (Å²) in [7, 11) is 1.80. The van der Waals surface area contributed by atoms with Gasteiger partial charge in [-0.2, -0.15) is 0 Å². The maximum atomic E-state index is 11.9. The third-order valence-corrected chi connectivity index (χ3v) is 3.46. The number of ketones is 1. The van der Waals surface area contributed by atoms with Crippen LogP contribution in [0.5, 0.6) is 0 Å². The number of hydrogen-bond donors (Lipinski definition) is 1. The number of hydrogen-bond acceptors (Lipinski definition) is 3. The first-order chi connectivity index (χ1) is 7.22. The first-order valence-corrected chi connectivity index (χ1v) is 5.79. The van der Waals surface area contributed by atoms with Crippen molar-refractivity contribution in [3.63, 3.8) is 0 Å². The van der Waals surface area contributed by atoms with E-state index in [-0.39, 0.29) is 11.8 Å². The Morgan fingerprint density at radius 1 is 1.40 bits per heavy atom. The fourth-order valence-electron chi connectivity index (χ4n) is 1.50. The van der Waals surface area contributed by atoms with Gasteiger partial charge in [0.2, 0.25) is 0 Å². The smallest absolute Gasteiger partial charge is 0.179 e. The van der Waals surface area contributed by atoms with Crippen LogP contribution >= 0.6 is 11.3 Å². The quantitative estimate of drug-likeness (QED) is 0.804. The van der Waals surface area contributed by atoms with E-state index in [0.29, 0.717) is 0 Å². The van der Waals surface area contributed by atoms with Crippen LogP contribution in [0.1, 0.15) is 17.3 Å². The van der Waals surface area contributed by atoms with Crippen molar-refractivity contribution in [1.29, 1.82) is 0 Å². The second kappa shape index (κ2) is 4.13. The number of thiophene rings is 1. The fraction of sp³-hybridized carbons (Fsp3) is 0.250. The molecule has 2 aromatic rings. The van der Waals surface area contributed by atoms with Gasteiger partial charge in [-0.3, -0.25) is 4.79 Å². The van der Waals surface area contributed by atoms with Gasteiger partial charge in [0.15, 0.2) is 5.78 Å². The molecule has 0 spiro atoms. The van der Waals surface area contributed by atoms with E-state index in [1.165, 1.54) is 4.70 Å². The number of Topliss-reactive ketones (excluding diaryl/α,β-unsaturated/α-hetero) is 1. The van der Waals surface area contributed by atoms with Crippen molar-refractivity contribution in [3.8, 4) is 0 Å². The van der Waals surface area contributed by atoms with Gasteiger partial charge in [-0.1, -0.05) is 0 Å². The highest BCUT2D eigenvalue weighted by molar-refractivity contribution is 7.17. The zero-order valence-electron chi connectivity index (χ0n) is 8.78. The SMILES string of the molecule is CN[C@H](C)C(=O)c1ccc2sccc2c1. The standard InChI is InChI=1S/C12H13NOS/c1-8(13-2)12(14)10-3-4-11-9(7-10)5-6-15-11/h3-8,13H,1-2H3/t8-/m1/s1. The zero-order chi connectivity index (χ0) is 10.8. The molecule has 2 nitrogen and oxygen atoms in total. The Bertz CT molecular complexity index is 489. The van der Waals surface area contributed by atoms with Crippen LogP contribution in [-0.2, 0) is 0 Å². The number of benzene rings is 1. The molecule has 78 valence electrons. The van der Waals surface area contributed by atoms with Gasteiger partial charge in [0.05, 0.1) is 6.04 Å². The van der Waals surface area contributed by atoms with E-state index in [4.69, 9.17) is 0 Å². The minimum Gasteiger partial charge on any atom is -0.310 e. The molecule has 1 N–H and O–H groups in total. The topological polar surface area (TPSA) is 29.1 Å². The van der Waals surface area contributed by atoms with Crippen molar-refractivity contribution in [2.24, 2.45) is 0 Å². The largest absolute Gasteiger partial charge is 0.310 e. The number of rotatable bonds is 3. The summed E-state index contributed by atoms with van der Waals surface area (Å²) >= 11 is 1.69.